The zero-order valence-corrected chi connectivity index (χ0v) is 29.9. The van der Waals surface area contributed by atoms with E-state index in [1.54, 1.807) is 0 Å². The van der Waals surface area contributed by atoms with E-state index >= 15 is 0 Å². The van der Waals surface area contributed by atoms with Crippen molar-refractivity contribution in [3.63, 3.8) is 0 Å². The van der Waals surface area contributed by atoms with Gasteiger partial charge in [-0.05, 0) is 81.1 Å². The largest absolute Gasteiger partial charge is 0.456 e. The first-order valence-corrected chi connectivity index (χ1v) is 18.5. The van der Waals surface area contributed by atoms with Crippen LogP contribution in [-0.2, 0) is 5.41 Å². The summed E-state index contributed by atoms with van der Waals surface area (Å²) >= 11 is 0. The number of para-hydroxylation sites is 1. The number of rotatable bonds is 5. The number of benzene rings is 8. The fraction of sp³-hybridized carbons (Fsp3) is 0.0600. The van der Waals surface area contributed by atoms with Crippen LogP contribution >= 0.6 is 0 Å². The molecule has 0 unspecified atom stereocenters. The number of nitrogens with zero attached hydrogens (tertiary/aromatic N) is 2. The van der Waals surface area contributed by atoms with Gasteiger partial charge >= 0.3 is 0 Å². The molecule has 256 valence electrons. The second-order valence-electron chi connectivity index (χ2n) is 14.7. The molecule has 0 amide bonds. The molecule has 1 aliphatic rings. The van der Waals surface area contributed by atoms with E-state index in [1.807, 2.05) is 48.5 Å². The van der Waals surface area contributed by atoms with Crippen LogP contribution < -0.4 is 4.90 Å². The van der Waals surface area contributed by atoms with Crippen LogP contribution in [0.15, 0.2) is 179 Å². The summed E-state index contributed by atoms with van der Waals surface area (Å²) in [6.07, 6.45) is 0. The topological polar surface area (TPSA) is 42.4 Å². The Morgan fingerprint density at radius 3 is 2.15 bits per heavy atom. The van der Waals surface area contributed by atoms with Crippen LogP contribution in [0, 0.1) is 0 Å². The Kier molecular flexibility index (Phi) is 6.56. The summed E-state index contributed by atoms with van der Waals surface area (Å²) < 4.78 is 13.3. The molecule has 0 atom stereocenters. The molecular formula is C50H34N2O2. The van der Waals surface area contributed by atoms with Gasteiger partial charge in [-0.15, -0.1) is 0 Å². The summed E-state index contributed by atoms with van der Waals surface area (Å²) in [7, 11) is 0. The molecular weight excluding hydrogens is 661 g/mol. The van der Waals surface area contributed by atoms with Gasteiger partial charge in [-0.25, -0.2) is 4.98 Å². The van der Waals surface area contributed by atoms with Crippen LogP contribution in [0.1, 0.15) is 25.0 Å². The van der Waals surface area contributed by atoms with E-state index in [2.05, 4.69) is 140 Å². The standard InChI is InChI=1S/C50H34N2O2/c1-50(2)39-22-10-8-20-37(39)45-40(50)23-13-24-41(45)52(36-19-12-18-34(29-36)35-27-26-31-14-6-7-17-33(31)28-35)48-46-38-21-9-11-25-42(38)53-43(46)30-44-47(48)51-49(54-44)32-15-4-3-5-16-32/h3-30H,1-2H3. The van der Waals surface area contributed by atoms with E-state index in [-0.39, 0.29) is 5.41 Å². The highest BCUT2D eigenvalue weighted by Crippen LogP contribution is 2.56. The molecule has 2 aromatic heterocycles. The smallest absolute Gasteiger partial charge is 0.227 e. The number of furan rings is 1. The lowest BCUT2D eigenvalue weighted by Gasteiger charge is -2.29. The van der Waals surface area contributed by atoms with Gasteiger partial charge in [0.1, 0.15) is 16.7 Å². The van der Waals surface area contributed by atoms with E-state index in [0.717, 1.165) is 61.2 Å². The van der Waals surface area contributed by atoms with E-state index in [1.165, 1.54) is 33.0 Å². The number of hydrogen-bond acceptors (Lipinski definition) is 4. The van der Waals surface area contributed by atoms with Crippen molar-refractivity contribution in [1.29, 1.82) is 0 Å². The minimum Gasteiger partial charge on any atom is -0.456 e. The summed E-state index contributed by atoms with van der Waals surface area (Å²) in [4.78, 5) is 7.73. The van der Waals surface area contributed by atoms with Crippen LogP contribution in [0.3, 0.4) is 0 Å². The number of fused-ring (bicyclic) bond motifs is 8. The third-order valence-electron chi connectivity index (χ3n) is 11.3. The van der Waals surface area contributed by atoms with Crippen molar-refractivity contribution < 1.29 is 8.83 Å². The Bertz CT molecular complexity index is 3100. The molecule has 0 saturated heterocycles. The zero-order chi connectivity index (χ0) is 36.0. The molecule has 0 radical (unpaired) electrons. The molecule has 2 heterocycles. The van der Waals surface area contributed by atoms with Crippen LogP contribution in [0.4, 0.5) is 17.1 Å². The third-order valence-corrected chi connectivity index (χ3v) is 11.3. The number of hydrogen-bond donors (Lipinski definition) is 0. The number of aromatic nitrogens is 1. The second-order valence-corrected chi connectivity index (χ2v) is 14.7. The van der Waals surface area contributed by atoms with Crippen molar-refractivity contribution in [3.05, 3.63) is 181 Å². The molecule has 0 N–H and O–H groups in total. The Morgan fingerprint density at radius 1 is 0.519 bits per heavy atom. The molecule has 10 aromatic rings. The average molecular weight is 695 g/mol. The first-order chi connectivity index (χ1) is 26.5. The highest BCUT2D eigenvalue weighted by atomic mass is 16.4. The van der Waals surface area contributed by atoms with Gasteiger partial charge in [-0.1, -0.05) is 135 Å². The maximum atomic E-state index is 6.64. The normalized spacial score (nSPS) is 13.1. The van der Waals surface area contributed by atoms with Gasteiger partial charge in [-0.2, -0.15) is 0 Å². The monoisotopic (exact) mass is 694 g/mol. The van der Waals surface area contributed by atoms with Crippen molar-refractivity contribution in [1.82, 2.24) is 4.98 Å². The minimum absolute atomic E-state index is 0.182. The Hall–Kier alpha value is -6.91. The van der Waals surface area contributed by atoms with Crippen LogP contribution in [0.25, 0.3) is 77.5 Å². The van der Waals surface area contributed by atoms with Gasteiger partial charge < -0.3 is 13.7 Å². The number of anilines is 3. The van der Waals surface area contributed by atoms with Gasteiger partial charge in [0.15, 0.2) is 5.58 Å². The van der Waals surface area contributed by atoms with Crippen molar-refractivity contribution in [2.24, 2.45) is 0 Å². The molecule has 0 aliphatic heterocycles. The fourth-order valence-corrected chi connectivity index (χ4v) is 8.67. The lowest BCUT2D eigenvalue weighted by Crippen LogP contribution is -2.16. The molecule has 0 fully saturated rings. The molecule has 0 bridgehead atoms. The van der Waals surface area contributed by atoms with Gasteiger partial charge in [0.25, 0.3) is 0 Å². The van der Waals surface area contributed by atoms with Crippen molar-refractivity contribution in [2.75, 3.05) is 4.90 Å². The van der Waals surface area contributed by atoms with Crippen LogP contribution in [0.5, 0.6) is 0 Å². The highest BCUT2D eigenvalue weighted by molar-refractivity contribution is 6.21. The first kappa shape index (κ1) is 30.7. The van der Waals surface area contributed by atoms with Gasteiger partial charge in [0.2, 0.25) is 5.89 Å². The second kappa shape index (κ2) is 11.5. The first-order valence-electron chi connectivity index (χ1n) is 18.5. The fourth-order valence-electron chi connectivity index (χ4n) is 8.67. The van der Waals surface area contributed by atoms with E-state index in [0.29, 0.717) is 11.5 Å². The molecule has 4 heteroatoms. The summed E-state index contributed by atoms with van der Waals surface area (Å²) in [6, 6.07) is 60.1. The van der Waals surface area contributed by atoms with E-state index < -0.39 is 0 Å². The molecule has 0 saturated carbocycles. The minimum atomic E-state index is -0.182. The molecule has 0 spiro atoms. The average Bonchev–Trinajstić information content (AvgIpc) is 3.89. The summed E-state index contributed by atoms with van der Waals surface area (Å²) in [5.74, 6) is 0.568. The van der Waals surface area contributed by atoms with Gasteiger partial charge in [-0.3, -0.25) is 0 Å². The predicted molar refractivity (Wildman–Crippen MR) is 222 cm³/mol. The summed E-state index contributed by atoms with van der Waals surface area (Å²) in [5, 5.41) is 4.45. The molecule has 8 aromatic carbocycles. The molecule has 4 nitrogen and oxygen atoms in total. The molecule has 11 rings (SSSR count). The van der Waals surface area contributed by atoms with E-state index in [9.17, 15) is 0 Å². The van der Waals surface area contributed by atoms with Crippen LogP contribution in [-0.4, -0.2) is 4.98 Å². The summed E-state index contributed by atoms with van der Waals surface area (Å²) in [6.45, 7) is 4.66. The van der Waals surface area contributed by atoms with Gasteiger partial charge in [0, 0.05) is 33.7 Å². The lowest BCUT2D eigenvalue weighted by atomic mass is 9.82. The quantitative estimate of drug-likeness (QED) is 0.180. The van der Waals surface area contributed by atoms with Crippen molar-refractivity contribution in [2.45, 2.75) is 19.3 Å². The van der Waals surface area contributed by atoms with Crippen LogP contribution in [0.2, 0.25) is 0 Å². The van der Waals surface area contributed by atoms with E-state index in [4.69, 9.17) is 13.8 Å². The predicted octanol–water partition coefficient (Wildman–Crippen LogP) is 14.0. The SMILES string of the molecule is CC1(C)c2ccccc2-c2c(N(c3cccc(-c4ccc5ccccc5c4)c3)c3c4nc(-c5ccccc5)oc4cc4oc5ccccc5c34)cccc21. The Balaban J connectivity index is 1.26. The highest BCUT2D eigenvalue weighted by Gasteiger charge is 2.38. The lowest BCUT2D eigenvalue weighted by molar-refractivity contribution is 0.617. The van der Waals surface area contributed by atoms with Crippen molar-refractivity contribution in [3.8, 4) is 33.7 Å². The maximum absolute atomic E-state index is 6.64. The maximum Gasteiger partial charge on any atom is 0.227 e. The van der Waals surface area contributed by atoms with Crippen molar-refractivity contribution >= 4 is 60.9 Å². The summed E-state index contributed by atoms with van der Waals surface area (Å²) in [5.41, 5.74) is 14.1. The Labute approximate surface area is 312 Å². The molecule has 54 heavy (non-hydrogen) atoms. The molecule has 1 aliphatic carbocycles. The Morgan fingerprint density at radius 2 is 1.24 bits per heavy atom. The number of oxazole rings is 1. The third kappa shape index (κ3) is 4.53. The zero-order valence-electron chi connectivity index (χ0n) is 29.9. The van der Waals surface area contributed by atoms with Gasteiger partial charge in [0.05, 0.1) is 16.8 Å².